The van der Waals surface area contributed by atoms with E-state index in [1.54, 1.807) is 0 Å². The third-order valence-corrected chi connectivity index (χ3v) is 2.19. The zero-order valence-corrected chi connectivity index (χ0v) is 8.46. The molecular formula is C8H12O9. The number of ether oxygens (including phenoxy) is 2. The molecule has 5 atom stereocenters. The molecule has 1 saturated heterocycles. The van der Waals surface area contributed by atoms with Gasteiger partial charge in [-0.2, -0.15) is 0 Å². The van der Waals surface area contributed by atoms with Gasteiger partial charge in [0.2, 0.25) is 6.29 Å². The molecule has 0 aromatic carbocycles. The summed E-state index contributed by atoms with van der Waals surface area (Å²) in [5.41, 5.74) is 0. The van der Waals surface area contributed by atoms with Crippen LogP contribution in [0.25, 0.3) is 0 Å². The number of aliphatic carboxylic acids is 1. The molecule has 0 aromatic rings. The van der Waals surface area contributed by atoms with Gasteiger partial charge in [0.25, 0.3) is 0 Å². The Balaban J connectivity index is 2.78. The van der Waals surface area contributed by atoms with E-state index in [1.165, 1.54) is 0 Å². The van der Waals surface area contributed by atoms with Crippen molar-refractivity contribution in [2.75, 3.05) is 6.61 Å². The normalized spacial score (nSPS) is 37.5. The van der Waals surface area contributed by atoms with Gasteiger partial charge >= 0.3 is 11.9 Å². The van der Waals surface area contributed by atoms with Gasteiger partial charge in [-0.25, -0.2) is 9.59 Å². The van der Waals surface area contributed by atoms with E-state index in [4.69, 9.17) is 10.2 Å². The average Bonchev–Trinajstić information content (AvgIpc) is 2.29. The second-order valence-electron chi connectivity index (χ2n) is 3.38. The van der Waals surface area contributed by atoms with Crippen molar-refractivity contribution in [1.82, 2.24) is 0 Å². The SMILES string of the molecule is O=C(CO)O[C@@H]1O[C@H](C(=O)O)[C@@H](O)[C@H](O)[C@H]1O. The monoisotopic (exact) mass is 252 g/mol. The predicted molar refractivity (Wildman–Crippen MR) is 47.5 cm³/mol. The van der Waals surface area contributed by atoms with Crippen molar-refractivity contribution in [2.24, 2.45) is 0 Å². The Morgan fingerprint density at radius 2 is 1.71 bits per heavy atom. The minimum Gasteiger partial charge on any atom is -0.479 e. The van der Waals surface area contributed by atoms with Gasteiger partial charge in [-0.05, 0) is 0 Å². The number of carbonyl (C=O) groups excluding carboxylic acids is 1. The van der Waals surface area contributed by atoms with Crippen molar-refractivity contribution in [3.8, 4) is 0 Å². The van der Waals surface area contributed by atoms with Crippen LogP contribution in [0.15, 0.2) is 0 Å². The van der Waals surface area contributed by atoms with E-state index in [-0.39, 0.29) is 0 Å². The number of hydrogen-bond acceptors (Lipinski definition) is 8. The summed E-state index contributed by atoms with van der Waals surface area (Å²) in [4.78, 5) is 21.4. The summed E-state index contributed by atoms with van der Waals surface area (Å²) in [6.07, 6.45) is -9.12. The van der Waals surface area contributed by atoms with Crippen LogP contribution in [0.4, 0.5) is 0 Å². The van der Waals surface area contributed by atoms with Crippen LogP contribution in [0, 0.1) is 0 Å². The molecule has 1 rings (SSSR count). The Kier molecular flexibility index (Phi) is 4.37. The highest BCUT2D eigenvalue weighted by atomic mass is 16.7. The fourth-order valence-electron chi connectivity index (χ4n) is 1.32. The summed E-state index contributed by atoms with van der Waals surface area (Å²) in [6.45, 7) is -0.997. The number of aliphatic hydroxyl groups excluding tert-OH is 4. The van der Waals surface area contributed by atoms with Gasteiger partial charge in [-0.1, -0.05) is 0 Å². The molecule has 0 aliphatic carbocycles. The fraction of sp³-hybridized carbons (Fsp3) is 0.750. The highest BCUT2D eigenvalue weighted by Crippen LogP contribution is 2.22. The lowest BCUT2D eigenvalue weighted by Gasteiger charge is -2.37. The summed E-state index contributed by atoms with van der Waals surface area (Å²) in [7, 11) is 0. The van der Waals surface area contributed by atoms with Crippen LogP contribution in [0.3, 0.4) is 0 Å². The van der Waals surface area contributed by atoms with Crippen molar-refractivity contribution >= 4 is 11.9 Å². The number of hydrogen-bond donors (Lipinski definition) is 5. The smallest absolute Gasteiger partial charge is 0.335 e. The van der Waals surface area contributed by atoms with Crippen molar-refractivity contribution in [2.45, 2.75) is 30.7 Å². The van der Waals surface area contributed by atoms with Crippen LogP contribution < -0.4 is 0 Å². The molecule has 17 heavy (non-hydrogen) atoms. The number of carboxylic acids is 1. The molecule has 9 nitrogen and oxygen atoms in total. The summed E-state index contributed by atoms with van der Waals surface area (Å²) in [5, 5.41) is 45.0. The second-order valence-corrected chi connectivity index (χ2v) is 3.38. The predicted octanol–water partition coefficient (Wildman–Crippen LogP) is -3.59. The lowest BCUT2D eigenvalue weighted by molar-refractivity contribution is -0.286. The van der Waals surface area contributed by atoms with Gasteiger partial charge in [-0.3, -0.25) is 0 Å². The van der Waals surface area contributed by atoms with Crippen LogP contribution in [-0.2, 0) is 19.1 Å². The minimum absolute atomic E-state index is 0.997. The van der Waals surface area contributed by atoms with Gasteiger partial charge in [0.15, 0.2) is 6.10 Å². The van der Waals surface area contributed by atoms with E-state index in [0.717, 1.165) is 0 Å². The molecule has 0 aromatic heterocycles. The van der Waals surface area contributed by atoms with Crippen LogP contribution in [0.1, 0.15) is 0 Å². The van der Waals surface area contributed by atoms with E-state index in [0.29, 0.717) is 0 Å². The van der Waals surface area contributed by atoms with Crippen LogP contribution >= 0.6 is 0 Å². The zero-order valence-electron chi connectivity index (χ0n) is 8.46. The summed E-state index contributed by atoms with van der Waals surface area (Å²) >= 11 is 0. The summed E-state index contributed by atoms with van der Waals surface area (Å²) < 4.78 is 8.96. The maximum absolute atomic E-state index is 10.7. The lowest BCUT2D eigenvalue weighted by atomic mass is 9.99. The standard InChI is InChI=1S/C8H12O9/c9-1-2(10)16-8-5(13)3(11)4(12)6(17-8)7(14)15/h3-6,8-9,11-13H,1H2,(H,14,15)/t3-,4-,5+,6-,8+/m0/s1. The van der Waals surface area contributed by atoms with Gasteiger partial charge in [-0.15, -0.1) is 0 Å². The minimum atomic E-state index is -1.86. The highest BCUT2D eigenvalue weighted by Gasteiger charge is 2.48. The van der Waals surface area contributed by atoms with E-state index in [2.05, 4.69) is 9.47 Å². The van der Waals surface area contributed by atoms with E-state index in [1.807, 2.05) is 0 Å². The third-order valence-electron chi connectivity index (χ3n) is 2.19. The first-order valence-electron chi connectivity index (χ1n) is 4.61. The zero-order chi connectivity index (χ0) is 13.2. The van der Waals surface area contributed by atoms with Gasteiger partial charge in [0.1, 0.15) is 24.9 Å². The Bertz CT molecular complexity index is 303. The van der Waals surface area contributed by atoms with E-state index in [9.17, 15) is 24.9 Å². The molecule has 5 N–H and O–H groups in total. The number of esters is 1. The number of carboxylic acid groups (broad SMARTS) is 1. The van der Waals surface area contributed by atoms with Gasteiger partial charge < -0.3 is 35.0 Å². The van der Waals surface area contributed by atoms with Crippen LogP contribution in [0.5, 0.6) is 0 Å². The molecule has 1 aliphatic heterocycles. The first-order chi connectivity index (χ1) is 7.88. The Hall–Kier alpha value is -1.26. The van der Waals surface area contributed by atoms with Gasteiger partial charge in [0.05, 0.1) is 0 Å². The molecule has 1 aliphatic rings. The molecule has 0 unspecified atom stereocenters. The third kappa shape index (κ3) is 2.90. The highest BCUT2D eigenvalue weighted by molar-refractivity contribution is 5.73. The molecule has 98 valence electrons. The first-order valence-corrected chi connectivity index (χ1v) is 4.61. The Morgan fingerprint density at radius 1 is 1.12 bits per heavy atom. The average molecular weight is 252 g/mol. The molecular weight excluding hydrogens is 240 g/mol. The topological polar surface area (TPSA) is 154 Å². The van der Waals surface area contributed by atoms with Gasteiger partial charge in [0, 0.05) is 0 Å². The van der Waals surface area contributed by atoms with Crippen LogP contribution in [0.2, 0.25) is 0 Å². The molecule has 0 spiro atoms. The molecule has 0 amide bonds. The molecule has 0 bridgehead atoms. The van der Waals surface area contributed by atoms with E-state index < -0.39 is 49.3 Å². The number of carbonyl (C=O) groups is 2. The largest absolute Gasteiger partial charge is 0.479 e. The lowest BCUT2D eigenvalue weighted by Crippen LogP contribution is -2.60. The summed E-state index contributed by atoms with van der Waals surface area (Å²) in [6, 6.07) is 0. The molecule has 1 heterocycles. The molecule has 0 radical (unpaired) electrons. The Morgan fingerprint density at radius 3 is 2.18 bits per heavy atom. The number of aliphatic hydroxyl groups is 4. The summed E-state index contributed by atoms with van der Waals surface area (Å²) in [5.74, 6) is -2.75. The number of rotatable bonds is 3. The van der Waals surface area contributed by atoms with Crippen molar-refractivity contribution < 1.29 is 44.6 Å². The second kappa shape index (κ2) is 5.38. The van der Waals surface area contributed by atoms with Crippen molar-refractivity contribution in [1.29, 1.82) is 0 Å². The molecule has 9 heteroatoms. The molecule has 1 fully saturated rings. The Labute approximate surface area is 94.8 Å². The van der Waals surface area contributed by atoms with E-state index >= 15 is 0 Å². The fourth-order valence-corrected chi connectivity index (χ4v) is 1.32. The first kappa shape index (κ1) is 13.8. The maximum Gasteiger partial charge on any atom is 0.335 e. The molecule has 0 saturated carbocycles. The van der Waals surface area contributed by atoms with Crippen molar-refractivity contribution in [3.63, 3.8) is 0 Å². The quantitative estimate of drug-likeness (QED) is 0.320. The maximum atomic E-state index is 10.7. The van der Waals surface area contributed by atoms with Crippen LogP contribution in [-0.4, -0.2) is 74.8 Å². The van der Waals surface area contributed by atoms with Crippen molar-refractivity contribution in [3.05, 3.63) is 0 Å².